The first-order valence-corrected chi connectivity index (χ1v) is 4.47. The second kappa shape index (κ2) is 3.52. The van der Waals surface area contributed by atoms with Crippen molar-refractivity contribution in [2.75, 3.05) is 7.11 Å². The summed E-state index contributed by atoms with van der Waals surface area (Å²) in [7, 11) is 1.60. The third-order valence-corrected chi connectivity index (χ3v) is 3.19. The maximum Gasteiger partial charge on any atom is 0.213 e. The summed E-state index contributed by atoms with van der Waals surface area (Å²) in [5, 5.41) is 0. The molecule has 0 aliphatic carbocycles. The first-order valence-electron chi connectivity index (χ1n) is 2.60. The molecule has 1 rings (SSSR count). The molecule has 1 heterocycles. The summed E-state index contributed by atoms with van der Waals surface area (Å²) in [6.07, 6.45) is 0. The lowest BCUT2D eigenvalue weighted by atomic mass is 10.5. The van der Waals surface area contributed by atoms with Crippen LogP contribution in [0, 0.1) is 3.70 Å². The van der Waals surface area contributed by atoms with Gasteiger partial charge in [-0.3, -0.25) is 0 Å². The molecule has 0 saturated carbocycles. The normalized spacial score (nSPS) is 9.50. The lowest BCUT2D eigenvalue weighted by Gasteiger charge is -1.98. The minimum Gasteiger partial charge on any atom is -0.481 e. The lowest BCUT2D eigenvalue weighted by Crippen LogP contribution is -1.89. The van der Waals surface area contributed by atoms with E-state index in [1.54, 1.807) is 7.11 Å². The molecule has 0 aromatic carbocycles. The summed E-state index contributed by atoms with van der Waals surface area (Å²) >= 11 is 5.47. The molecule has 0 saturated heterocycles. The second-order valence-electron chi connectivity index (χ2n) is 1.63. The van der Waals surface area contributed by atoms with Crippen LogP contribution >= 0.6 is 38.5 Å². The molecule has 0 spiro atoms. The molecular formula is C6H5BrINO. The van der Waals surface area contributed by atoms with E-state index in [2.05, 4.69) is 43.5 Å². The average Bonchev–Trinajstić information content (AvgIpc) is 1.95. The van der Waals surface area contributed by atoms with Crippen LogP contribution in [0.1, 0.15) is 0 Å². The molecule has 0 amide bonds. The van der Waals surface area contributed by atoms with Gasteiger partial charge in [-0.2, -0.15) is 0 Å². The van der Waals surface area contributed by atoms with E-state index in [1.165, 1.54) is 0 Å². The largest absolute Gasteiger partial charge is 0.481 e. The topological polar surface area (TPSA) is 22.1 Å². The van der Waals surface area contributed by atoms with Crippen molar-refractivity contribution in [3.63, 3.8) is 0 Å². The van der Waals surface area contributed by atoms with Crippen molar-refractivity contribution in [2.24, 2.45) is 0 Å². The van der Waals surface area contributed by atoms with Crippen molar-refractivity contribution in [3.8, 4) is 5.88 Å². The lowest BCUT2D eigenvalue weighted by molar-refractivity contribution is 0.396. The molecule has 0 radical (unpaired) electrons. The van der Waals surface area contributed by atoms with Gasteiger partial charge in [-0.15, -0.1) is 0 Å². The van der Waals surface area contributed by atoms with Crippen molar-refractivity contribution < 1.29 is 4.74 Å². The molecule has 4 heteroatoms. The van der Waals surface area contributed by atoms with Crippen LogP contribution in [0.15, 0.2) is 16.6 Å². The molecule has 0 aliphatic rings. The first kappa shape index (κ1) is 8.26. The minimum atomic E-state index is 0.646. The van der Waals surface area contributed by atoms with Gasteiger partial charge in [0.2, 0.25) is 5.88 Å². The van der Waals surface area contributed by atoms with E-state index in [4.69, 9.17) is 4.74 Å². The summed E-state index contributed by atoms with van der Waals surface area (Å²) in [5.74, 6) is 0.646. The van der Waals surface area contributed by atoms with Crippen LogP contribution in [0.3, 0.4) is 0 Å². The van der Waals surface area contributed by atoms with Crippen molar-refractivity contribution in [1.29, 1.82) is 0 Å². The standard InChI is InChI=1S/C6H5BrINO/c1-10-5-3-2-4(7)6(8)9-5/h2-3H,1H3. The fourth-order valence-electron chi connectivity index (χ4n) is 0.514. The highest BCUT2D eigenvalue weighted by atomic mass is 127. The quantitative estimate of drug-likeness (QED) is 0.587. The Morgan fingerprint density at radius 2 is 2.30 bits per heavy atom. The zero-order valence-electron chi connectivity index (χ0n) is 5.27. The van der Waals surface area contributed by atoms with Gasteiger partial charge in [-0.25, -0.2) is 4.98 Å². The maximum absolute atomic E-state index is 4.91. The van der Waals surface area contributed by atoms with Crippen LogP contribution in [0.2, 0.25) is 0 Å². The zero-order valence-corrected chi connectivity index (χ0v) is 9.01. The van der Waals surface area contributed by atoms with Crippen LogP contribution in [0.5, 0.6) is 5.88 Å². The van der Waals surface area contributed by atoms with Gasteiger partial charge in [0.1, 0.15) is 3.70 Å². The second-order valence-corrected chi connectivity index (χ2v) is 3.50. The van der Waals surface area contributed by atoms with E-state index in [9.17, 15) is 0 Å². The molecule has 2 nitrogen and oxygen atoms in total. The molecule has 54 valence electrons. The van der Waals surface area contributed by atoms with Gasteiger partial charge >= 0.3 is 0 Å². The van der Waals surface area contributed by atoms with Gasteiger partial charge in [0.15, 0.2) is 0 Å². The summed E-state index contributed by atoms with van der Waals surface area (Å²) in [6.45, 7) is 0. The van der Waals surface area contributed by atoms with Gasteiger partial charge in [0.05, 0.1) is 7.11 Å². The molecule has 0 aliphatic heterocycles. The van der Waals surface area contributed by atoms with E-state index in [0.29, 0.717) is 5.88 Å². The van der Waals surface area contributed by atoms with Crippen molar-refractivity contribution >= 4 is 38.5 Å². The number of rotatable bonds is 1. The Morgan fingerprint density at radius 3 is 2.80 bits per heavy atom. The number of pyridine rings is 1. The van der Waals surface area contributed by atoms with Crippen molar-refractivity contribution in [1.82, 2.24) is 4.98 Å². The smallest absolute Gasteiger partial charge is 0.213 e. The van der Waals surface area contributed by atoms with E-state index >= 15 is 0 Å². The number of hydrogen-bond donors (Lipinski definition) is 0. The van der Waals surface area contributed by atoms with Crippen molar-refractivity contribution in [2.45, 2.75) is 0 Å². The van der Waals surface area contributed by atoms with Crippen LogP contribution in [-0.2, 0) is 0 Å². The van der Waals surface area contributed by atoms with Crippen LogP contribution in [0.25, 0.3) is 0 Å². The van der Waals surface area contributed by atoms with E-state index < -0.39 is 0 Å². The Bertz CT molecular complexity index is 241. The third-order valence-electron chi connectivity index (χ3n) is 0.987. The van der Waals surface area contributed by atoms with Gasteiger partial charge in [0.25, 0.3) is 0 Å². The van der Waals surface area contributed by atoms with Gasteiger partial charge in [-0.1, -0.05) is 0 Å². The number of halogens is 2. The Hall–Kier alpha value is 0.160. The van der Waals surface area contributed by atoms with Crippen LogP contribution < -0.4 is 4.74 Å². The molecule has 0 unspecified atom stereocenters. The van der Waals surface area contributed by atoms with Crippen molar-refractivity contribution in [3.05, 3.63) is 20.3 Å². The summed E-state index contributed by atoms with van der Waals surface area (Å²) in [6, 6.07) is 3.72. The molecule has 0 N–H and O–H groups in total. The van der Waals surface area contributed by atoms with E-state index in [-0.39, 0.29) is 0 Å². The summed E-state index contributed by atoms with van der Waals surface area (Å²) < 4.78 is 6.82. The monoisotopic (exact) mass is 313 g/mol. The highest BCUT2D eigenvalue weighted by molar-refractivity contribution is 14.1. The molecule has 0 fully saturated rings. The predicted octanol–water partition coefficient (Wildman–Crippen LogP) is 2.46. The Balaban J connectivity index is 3.04. The highest BCUT2D eigenvalue weighted by Crippen LogP contribution is 2.19. The molecule has 1 aromatic rings. The maximum atomic E-state index is 4.91. The van der Waals surface area contributed by atoms with Crippen LogP contribution in [-0.4, -0.2) is 12.1 Å². The molecule has 0 bridgehead atoms. The summed E-state index contributed by atoms with van der Waals surface area (Å²) in [5.41, 5.74) is 0. The molecule has 1 aromatic heterocycles. The minimum absolute atomic E-state index is 0.646. The summed E-state index contributed by atoms with van der Waals surface area (Å²) in [4.78, 5) is 4.11. The van der Waals surface area contributed by atoms with Gasteiger partial charge in [0, 0.05) is 10.5 Å². The fourth-order valence-corrected chi connectivity index (χ4v) is 1.15. The Morgan fingerprint density at radius 1 is 1.60 bits per heavy atom. The molecule has 10 heavy (non-hydrogen) atoms. The molecular weight excluding hydrogens is 309 g/mol. The van der Waals surface area contributed by atoms with Crippen LogP contribution in [0.4, 0.5) is 0 Å². The van der Waals surface area contributed by atoms with E-state index in [1.807, 2.05) is 12.1 Å². The molecule has 0 atom stereocenters. The number of nitrogens with zero attached hydrogens (tertiary/aromatic N) is 1. The highest BCUT2D eigenvalue weighted by Gasteiger charge is 1.97. The average molecular weight is 314 g/mol. The fraction of sp³-hybridized carbons (Fsp3) is 0.167. The Labute approximate surface area is 81.3 Å². The van der Waals surface area contributed by atoms with Gasteiger partial charge < -0.3 is 4.74 Å². The number of methoxy groups -OCH3 is 1. The zero-order chi connectivity index (χ0) is 7.56. The third kappa shape index (κ3) is 1.82. The number of hydrogen-bond acceptors (Lipinski definition) is 2. The SMILES string of the molecule is COc1ccc(Br)c(I)n1. The number of ether oxygens (including phenoxy) is 1. The van der Waals surface area contributed by atoms with Gasteiger partial charge in [-0.05, 0) is 44.6 Å². The van der Waals surface area contributed by atoms with E-state index in [0.717, 1.165) is 8.17 Å². The predicted molar refractivity (Wildman–Crippen MR) is 51.2 cm³/mol. The first-order chi connectivity index (χ1) is 4.74. The Kier molecular flexibility index (Phi) is 2.91. The number of aromatic nitrogens is 1.